The molecule has 1 aliphatic rings. The zero-order valence-electron chi connectivity index (χ0n) is 18.8. The fraction of sp³-hybridized carbons (Fsp3) is 0.360. The van der Waals surface area contributed by atoms with Crippen LogP contribution in [0, 0.1) is 31.4 Å². The number of imidazole rings is 1. The number of aryl methyl sites for hydroxylation is 2. The van der Waals surface area contributed by atoms with E-state index in [4.69, 9.17) is 0 Å². The molecule has 5 rings (SSSR count). The quantitative estimate of drug-likeness (QED) is 0.491. The summed E-state index contributed by atoms with van der Waals surface area (Å²) in [5.41, 5.74) is 3.98. The van der Waals surface area contributed by atoms with E-state index in [0.717, 1.165) is 49.8 Å². The summed E-state index contributed by atoms with van der Waals surface area (Å²) in [6, 6.07) is 6.87. The second-order valence-electron chi connectivity index (χ2n) is 8.77. The fourth-order valence-electron chi connectivity index (χ4n) is 4.61. The predicted molar refractivity (Wildman–Crippen MR) is 123 cm³/mol. The van der Waals surface area contributed by atoms with Crippen LogP contribution in [0.25, 0.3) is 22.6 Å². The van der Waals surface area contributed by atoms with Crippen LogP contribution < -0.4 is 5.32 Å². The van der Waals surface area contributed by atoms with Crippen LogP contribution in [0.1, 0.15) is 35.5 Å². The number of nitrogens with zero attached hydrogens (tertiary/aromatic N) is 5. The molecule has 1 fully saturated rings. The summed E-state index contributed by atoms with van der Waals surface area (Å²) in [4.78, 5) is 17.6. The van der Waals surface area contributed by atoms with Crippen LogP contribution in [-0.2, 0) is 13.0 Å². The Morgan fingerprint density at radius 2 is 1.85 bits per heavy atom. The highest BCUT2D eigenvalue weighted by Gasteiger charge is 2.20. The van der Waals surface area contributed by atoms with Crippen molar-refractivity contribution >= 4 is 11.2 Å². The van der Waals surface area contributed by atoms with E-state index in [0.29, 0.717) is 39.9 Å². The largest absolute Gasteiger partial charge is 0.317 e. The van der Waals surface area contributed by atoms with E-state index in [9.17, 15) is 4.39 Å². The van der Waals surface area contributed by atoms with Gasteiger partial charge in [0, 0.05) is 17.3 Å². The third-order valence-corrected chi connectivity index (χ3v) is 6.27. The van der Waals surface area contributed by atoms with Crippen molar-refractivity contribution in [2.75, 3.05) is 13.1 Å². The van der Waals surface area contributed by atoms with Gasteiger partial charge in [0.1, 0.15) is 28.8 Å². The third kappa shape index (κ3) is 4.48. The lowest BCUT2D eigenvalue weighted by molar-refractivity contribution is 0.372. The van der Waals surface area contributed by atoms with Crippen LogP contribution >= 0.6 is 0 Å². The topological polar surface area (TPSA) is 68.5 Å². The molecule has 4 aromatic rings. The number of fused-ring (bicyclic) bond motifs is 1. The molecule has 0 amide bonds. The van der Waals surface area contributed by atoms with Crippen molar-refractivity contribution < 1.29 is 8.78 Å². The average Bonchev–Trinajstić information content (AvgIpc) is 3.15. The zero-order valence-corrected chi connectivity index (χ0v) is 18.8. The first kappa shape index (κ1) is 21.6. The van der Waals surface area contributed by atoms with E-state index < -0.39 is 5.82 Å². The SMILES string of the molecule is Cc1nc(C)c2nc(-c3cncc(F)c3)n(Cc3ccc(CC4CCNCC4)cc3F)c2n1. The minimum absolute atomic E-state index is 0.220. The minimum atomic E-state index is -0.460. The van der Waals surface area contributed by atoms with Gasteiger partial charge in [0.25, 0.3) is 0 Å². The van der Waals surface area contributed by atoms with Crippen molar-refractivity contribution in [2.24, 2.45) is 5.92 Å². The molecule has 33 heavy (non-hydrogen) atoms. The first-order valence-electron chi connectivity index (χ1n) is 11.3. The van der Waals surface area contributed by atoms with Gasteiger partial charge in [-0.2, -0.15) is 0 Å². The summed E-state index contributed by atoms with van der Waals surface area (Å²) in [5.74, 6) is 0.956. The molecule has 1 saturated heterocycles. The molecule has 3 aromatic heterocycles. The van der Waals surface area contributed by atoms with E-state index in [1.54, 1.807) is 12.3 Å². The Labute approximate surface area is 191 Å². The second-order valence-corrected chi connectivity index (χ2v) is 8.77. The molecule has 1 aliphatic heterocycles. The van der Waals surface area contributed by atoms with Gasteiger partial charge in [-0.3, -0.25) is 4.98 Å². The van der Waals surface area contributed by atoms with E-state index in [1.165, 1.54) is 6.07 Å². The maximum atomic E-state index is 15.2. The molecule has 0 aliphatic carbocycles. The van der Waals surface area contributed by atoms with Crippen LogP contribution in [-0.4, -0.2) is 37.6 Å². The van der Waals surface area contributed by atoms with Crippen molar-refractivity contribution in [1.82, 2.24) is 29.8 Å². The highest BCUT2D eigenvalue weighted by atomic mass is 19.1. The molecule has 0 radical (unpaired) electrons. The Hall–Kier alpha value is -3.26. The van der Waals surface area contributed by atoms with E-state index >= 15 is 4.39 Å². The number of halogens is 2. The lowest BCUT2D eigenvalue weighted by Crippen LogP contribution is -2.28. The number of aromatic nitrogens is 5. The predicted octanol–water partition coefficient (Wildman–Crippen LogP) is 4.37. The molecule has 0 unspecified atom stereocenters. The summed E-state index contributed by atoms with van der Waals surface area (Å²) in [6.45, 7) is 5.94. The van der Waals surface area contributed by atoms with Gasteiger partial charge in [-0.15, -0.1) is 0 Å². The standard InChI is InChI=1S/C25H26F2N6/c1-15-23-25(31-16(2)30-15)33(24(32-23)20-11-21(26)13-29-12-20)14-19-4-3-18(10-22(19)27)9-17-5-7-28-8-6-17/h3-4,10-13,17,28H,5-9,14H2,1-2H3. The lowest BCUT2D eigenvalue weighted by atomic mass is 9.90. The van der Waals surface area contributed by atoms with Gasteiger partial charge in [-0.05, 0) is 69.8 Å². The number of pyridine rings is 1. The normalized spacial score (nSPS) is 14.8. The maximum absolute atomic E-state index is 15.2. The summed E-state index contributed by atoms with van der Waals surface area (Å²) in [5, 5.41) is 3.37. The second kappa shape index (κ2) is 8.94. The minimum Gasteiger partial charge on any atom is -0.317 e. The van der Waals surface area contributed by atoms with Gasteiger partial charge in [-0.1, -0.05) is 12.1 Å². The molecule has 0 bridgehead atoms. The molecular weight excluding hydrogens is 422 g/mol. The van der Waals surface area contributed by atoms with Crippen LogP contribution in [0.15, 0.2) is 36.7 Å². The average molecular weight is 449 g/mol. The van der Waals surface area contributed by atoms with Gasteiger partial charge in [-0.25, -0.2) is 23.7 Å². The summed E-state index contributed by atoms with van der Waals surface area (Å²) in [7, 11) is 0. The molecule has 1 aromatic carbocycles. The van der Waals surface area contributed by atoms with Gasteiger partial charge < -0.3 is 9.88 Å². The monoisotopic (exact) mass is 448 g/mol. The number of nitrogens with one attached hydrogen (secondary N) is 1. The molecular formula is C25H26F2N6. The zero-order chi connectivity index (χ0) is 22.9. The van der Waals surface area contributed by atoms with Crippen LogP contribution in [0.5, 0.6) is 0 Å². The Bertz CT molecular complexity index is 1310. The van der Waals surface area contributed by atoms with Gasteiger partial charge in [0.2, 0.25) is 0 Å². The van der Waals surface area contributed by atoms with Crippen molar-refractivity contribution in [3.63, 3.8) is 0 Å². The van der Waals surface area contributed by atoms with Crippen molar-refractivity contribution in [3.8, 4) is 11.4 Å². The lowest BCUT2D eigenvalue weighted by Gasteiger charge is -2.22. The Kier molecular flexibility index (Phi) is 5.85. The first-order valence-corrected chi connectivity index (χ1v) is 11.3. The van der Waals surface area contributed by atoms with Crippen molar-refractivity contribution in [2.45, 2.75) is 39.7 Å². The van der Waals surface area contributed by atoms with E-state index in [1.807, 2.05) is 30.5 Å². The van der Waals surface area contributed by atoms with E-state index in [-0.39, 0.29) is 12.4 Å². The Balaban J connectivity index is 1.53. The molecule has 1 N–H and O–H groups in total. The third-order valence-electron chi connectivity index (χ3n) is 6.27. The van der Waals surface area contributed by atoms with Crippen molar-refractivity contribution in [3.05, 3.63) is 70.9 Å². The van der Waals surface area contributed by atoms with Gasteiger partial charge in [0.15, 0.2) is 5.65 Å². The smallest absolute Gasteiger partial charge is 0.164 e. The highest BCUT2D eigenvalue weighted by molar-refractivity contribution is 5.79. The number of rotatable bonds is 5. The molecule has 4 heterocycles. The van der Waals surface area contributed by atoms with E-state index in [2.05, 4.69) is 25.3 Å². The fourth-order valence-corrected chi connectivity index (χ4v) is 4.61. The summed E-state index contributed by atoms with van der Waals surface area (Å²) in [6.07, 6.45) is 5.82. The Morgan fingerprint density at radius 1 is 1.03 bits per heavy atom. The van der Waals surface area contributed by atoms with Crippen LogP contribution in [0.4, 0.5) is 8.78 Å². The molecule has 8 heteroatoms. The molecule has 0 spiro atoms. The number of benzene rings is 1. The number of piperidine rings is 1. The van der Waals surface area contributed by atoms with Crippen LogP contribution in [0.3, 0.4) is 0 Å². The van der Waals surface area contributed by atoms with Crippen LogP contribution in [0.2, 0.25) is 0 Å². The van der Waals surface area contributed by atoms with Crippen molar-refractivity contribution in [1.29, 1.82) is 0 Å². The number of hydrogen-bond acceptors (Lipinski definition) is 5. The molecule has 0 saturated carbocycles. The summed E-state index contributed by atoms with van der Waals surface area (Å²) >= 11 is 0. The number of hydrogen-bond donors (Lipinski definition) is 1. The van der Waals surface area contributed by atoms with Gasteiger partial charge in [0.05, 0.1) is 18.4 Å². The molecule has 170 valence electrons. The maximum Gasteiger partial charge on any atom is 0.164 e. The molecule has 6 nitrogen and oxygen atoms in total. The highest BCUT2D eigenvalue weighted by Crippen LogP contribution is 2.27. The first-order chi connectivity index (χ1) is 16.0. The molecule has 0 atom stereocenters. The summed E-state index contributed by atoms with van der Waals surface area (Å²) < 4.78 is 30.9. The Morgan fingerprint density at radius 3 is 2.61 bits per heavy atom. The van der Waals surface area contributed by atoms with Gasteiger partial charge >= 0.3 is 0 Å².